The first kappa shape index (κ1) is 12.1. The van der Waals surface area contributed by atoms with Crippen LogP contribution in [0.1, 0.15) is 44.3 Å². The van der Waals surface area contributed by atoms with Gasteiger partial charge in [0, 0.05) is 6.42 Å². The van der Waals surface area contributed by atoms with Crippen LogP contribution < -0.4 is 5.32 Å². The zero-order chi connectivity index (χ0) is 11.1. The molecule has 0 saturated heterocycles. The number of furan rings is 1. The molecule has 1 aromatic heterocycles. The lowest BCUT2D eigenvalue weighted by Crippen LogP contribution is -2.20. The van der Waals surface area contributed by atoms with Gasteiger partial charge in [0.1, 0.15) is 11.5 Å². The SMILES string of the molecule is C=CCCC(NCC)c1ccc(CC)o1. The van der Waals surface area contributed by atoms with Crippen molar-refractivity contribution in [3.05, 3.63) is 36.3 Å². The Hall–Kier alpha value is -1.02. The minimum atomic E-state index is 0.327. The third-order valence-corrected chi connectivity index (χ3v) is 2.48. The van der Waals surface area contributed by atoms with Crippen molar-refractivity contribution >= 4 is 0 Å². The van der Waals surface area contributed by atoms with Gasteiger partial charge in [0.25, 0.3) is 0 Å². The number of aryl methyl sites for hydroxylation is 1. The topological polar surface area (TPSA) is 25.2 Å². The lowest BCUT2D eigenvalue weighted by molar-refractivity contribution is 0.386. The van der Waals surface area contributed by atoms with Gasteiger partial charge in [0.05, 0.1) is 6.04 Å². The average Bonchev–Trinajstić information content (AvgIpc) is 2.72. The Bertz CT molecular complexity index is 290. The molecule has 1 aromatic rings. The summed E-state index contributed by atoms with van der Waals surface area (Å²) >= 11 is 0. The van der Waals surface area contributed by atoms with E-state index in [1.807, 2.05) is 6.08 Å². The Morgan fingerprint density at radius 2 is 2.27 bits per heavy atom. The molecule has 0 aliphatic heterocycles. The zero-order valence-corrected chi connectivity index (χ0v) is 9.75. The summed E-state index contributed by atoms with van der Waals surface area (Å²) in [5.41, 5.74) is 0. The summed E-state index contributed by atoms with van der Waals surface area (Å²) in [5, 5.41) is 3.43. The van der Waals surface area contributed by atoms with Crippen LogP contribution in [-0.4, -0.2) is 6.54 Å². The lowest BCUT2D eigenvalue weighted by atomic mass is 10.1. The van der Waals surface area contributed by atoms with Gasteiger partial charge in [-0.3, -0.25) is 0 Å². The molecule has 15 heavy (non-hydrogen) atoms. The van der Waals surface area contributed by atoms with E-state index >= 15 is 0 Å². The van der Waals surface area contributed by atoms with Crippen LogP contribution in [0.25, 0.3) is 0 Å². The fourth-order valence-electron chi connectivity index (χ4n) is 1.65. The van der Waals surface area contributed by atoms with E-state index in [1.165, 1.54) is 0 Å². The Morgan fingerprint density at radius 3 is 2.80 bits per heavy atom. The third kappa shape index (κ3) is 3.56. The molecule has 2 heteroatoms. The van der Waals surface area contributed by atoms with Gasteiger partial charge in [0.15, 0.2) is 0 Å². The number of hydrogen-bond acceptors (Lipinski definition) is 2. The molecule has 0 amide bonds. The van der Waals surface area contributed by atoms with Crippen molar-refractivity contribution in [2.75, 3.05) is 6.54 Å². The number of hydrogen-bond donors (Lipinski definition) is 1. The van der Waals surface area contributed by atoms with Crippen LogP contribution in [0.5, 0.6) is 0 Å². The van der Waals surface area contributed by atoms with Crippen molar-refractivity contribution in [1.29, 1.82) is 0 Å². The standard InChI is InChI=1S/C13H21NO/c1-4-7-8-12(14-6-3)13-10-9-11(5-2)15-13/h4,9-10,12,14H,1,5-8H2,2-3H3. The molecular formula is C13H21NO. The molecule has 0 aliphatic carbocycles. The maximum absolute atomic E-state index is 5.75. The summed E-state index contributed by atoms with van der Waals surface area (Å²) in [6, 6.07) is 4.47. The van der Waals surface area contributed by atoms with Gasteiger partial charge in [-0.1, -0.05) is 19.9 Å². The molecule has 1 atom stereocenters. The monoisotopic (exact) mass is 207 g/mol. The molecule has 84 valence electrons. The molecule has 0 aromatic carbocycles. The minimum absolute atomic E-state index is 0.327. The second kappa shape index (κ2) is 6.46. The molecule has 0 aliphatic rings. The van der Waals surface area contributed by atoms with E-state index in [-0.39, 0.29) is 0 Å². The minimum Gasteiger partial charge on any atom is -0.464 e. The Kier molecular flexibility index (Phi) is 5.19. The highest BCUT2D eigenvalue weighted by Crippen LogP contribution is 2.21. The van der Waals surface area contributed by atoms with Crippen molar-refractivity contribution < 1.29 is 4.42 Å². The van der Waals surface area contributed by atoms with Crippen molar-refractivity contribution in [2.24, 2.45) is 0 Å². The summed E-state index contributed by atoms with van der Waals surface area (Å²) in [6.07, 6.45) is 4.97. The first-order valence-electron chi connectivity index (χ1n) is 5.74. The highest BCUT2D eigenvalue weighted by molar-refractivity contribution is 5.11. The fourth-order valence-corrected chi connectivity index (χ4v) is 1.65. The summed E-state index contributed by atoms with van der Waals surface area (Å²) < 4.78 is 5.75. The predicted octanol–water partition coefficient (Wildman–Crippen LogP) is 3.46. The highest BCUT2D eigenvalue weighted by atomic mass is 16.3. The highest BCUT2D eigenvalue weighted by Gasteiger charge is 2.13. The van der Waals surface area contributed by atoms with Gasteiger partial charge < -0.3 is 9.73 Å². The molecule has 0 radical (unpaired) electrons. The quantitative estimate of drug-likeness (QED) is 0.693. The number of rotatable bonds is 7. The van der Waals surface area contributed by atoms with Crippen LogP contribution in [0.4, 0.5) is 0 Å². The maximum atomic E-state index is 5.75. The molecule has 1 heterocycles. The van der Waals surface area contributed by atoms with E-state index in [2.05, 4.69) is 37.9 Å². The molecule has 2 nitrogen and oxygen atoms in total. The second-order valence-electron chi connectivity index (χ2n) is 3.63. The smallest absolute Gasteiger partial charge is 0.121 e. The number of allylic oxidation sites excluding steroid dienone is 1. The third-order valence-electron chi connectivity index (χ3n) is 2.48. The van der Waals surface area contributed by atoms with E-state index in [0.717, 1.165) is 37.3 Å². The second-order valence-corrected chi connectivity index (χ2v) is 3.63. The zero-order valence-electron chi connectivity index (χ0n) is 9.75. The summed E-state index contributed by atoms with van der Waals surface area (Å²) in [5.74, 6) is 2.11. The predicted molar refractivity (Wildman–Crippen MR) is 63.9 cm³/mol. The van der Waals surface area contributed by atoms with Crippen LogP contribution in [-0.2, 0) is 6.42 Å². The molecular weight excluding hydrogens is 186 g/mol. The van der Waals surface area contributed by atoms with Crippen molar-refractivity contribution in [1.82, 2.24) is 5.32 Å². The fraction of sp³-hybridized carbons (Fsp3) is 0.538. The summed E-state index contributed by atoms with van der Waals surface area (Å²) in [6.45, 7) is 8.93. The van der Waals surface area contributed by atoms with E-state index in [9.17, 15) is 0 Å². The van der Waals surface area contributed by atoms with Crippen LogP contribution in [0.2, 0.25) is 0 Å². The summed E-state index contributed by atoms with van der Waals surface area (Å²) in [4.78, 5) is 0. The van der Waals surface area contributed by atoms with Gasteiger partial charge in [-0.2, -0.15) is 0 Å². The molecule has 0 saturated carbocycles. The van der Waals surface area contributed by atoms with Gasteiger partial charge >= 0.3 is 0 Å². The maximum Gasteiger partial charge on any atom is 0.121 e. The van der Waals surface area contributed by atoms with Gasteiger partial charge in [-0.25, -0.2) is 0 Å². The van der Waals surface area contributed by atoms with Gasteiger partial charge in [-0.15, -0.1) is 6.58 Å². The normalized spacial score (nSPS) is 12.7. The Labute approximate surface area is 92.4 Å². The molecule has 0 fully saturated rings. The van der Waals surface area contributed by atoms with E-state index in [0.29, 0.717) is 6.04 Å². The van der Waals surface area contributed by atoms with Crippen LogP contribution in [0.3, 0.4) is 0 Å². The molecule has 0 bridgehead atoms. The average molecular weight is 207 g/mol. The van der Waals surface area contributed by atoms with E-state index < -0.39 is 0 Å². The first-order chi connectivity index (χ1) is 7.31. The van der Waals surface area contributed by atoms with Crippen molar-refractivity contribution in [2.45, 2.75) is 39.2 Å². The molecule has 1 N–H and O–H groups in total. The van der Waals surface area contributed by atoms with Gasteiger partial charge in [0.2, 0.25) is 0 Å². The van der Waals surface area contributed by atoms with Gasteiger partial charge in [-0.05, 0) is 31.5 Å². The summed E-state index contributed by atoms with van der Waals surface area (Å²) in [7, 11) is 0. The number of nitrogens with one attached hydrogen (secondary N) is 1. The van der Waals surface area contributed by atoms with Crippen LogP contribution >= 0.6 is 0 Å². The Balaban J connectivity index is 2.64. The first-order valence-corrected chi connectivity index (χ1v) is 5.74. The molecule has 0 spiro atoms. The van der Waals surface area contributed by atoms with E-state index in [1.54, 1.807) is 0 Å². The molecule has 1 unspecified atom stereocenters. The van der Waals surface area contributed by atoms with Crippen molar-refractivity contribution in [3.63, 3.8) is 0 Å². The molecule has 1 rings (SSSR count). The van der Waals surface area contributed by atoms with E-state index in [4.69, 9.17) is 4.42 Å². The van der Waals surface area contributed by atoms with Crippen LogP contribution in [0, 0.1) is 0 Å². The lowest BCUT2D eigenvalue weighted by Gasteiger charge is -2.14. The van der Waals surface area contributed by atoms with Crippen molar-refractivity contribution in [3.8, 4) is 0 Å². The largest absolute Gasteiger partial charge is 0.464 e. The van der Waals surface area contributed by atoms with Crippen LogP contribution in [0.15, 0.2) is 29.2 Å². The Morgan fingerprint density at radius 1 is 1.47 bits per heavy atom.